The highest BCUT2D eigenvalue weighted by Gasteiger charge is 2.25. The van der Waals surface area contributed by atoms with Crippen LogP contribution in [0, 0.1) is 11.8 Å². The Hall–Kier alpha value is -2.92. The number of fused-ring (bicyclic) bond motifs is 1. The highest BCUT2D eigenvalue weighted by Crippen LogP contribution is 2.34. The second kappa shape index (κ2) is 11.9. The molecule has 0 saturated heterocycles. The summed E-state index contributed by atoms with van der Waals surface area (Å²) in [6, 6.07) is 21.0. The lowest BCUT2D eigenvalue weighted by molar-refractivity contribution is 0.302. The van der Waals surface area contributed by atoms with Gasteiger partial charge in [-0.15, -0.1) is 0 Å². The standard InChI is InChI=1S/C31H34BrN3O/c1-22-29(32)21-33-20-27(34-19-24-7-3-2-4-8-24)18-30(35-22)25-14-11-23(12-15-25)13-16-28-17-26-9-5-6-10-31(26)36-28/h2-10,17-18,21,23,25,34H,11-16,19-20H2,1H3/b27-18+,29-22-,33-21?,35-30-. The Morgan fingerprint density at radius 1 is 1.00 bits per heavy atom. The number of rotatable bonds is 7. The molecule has 2 aromatic carbocycles. The third kappa shape index (κ3) is 6.44. The van der Waals surface area contributed by atoms with Crippen LogP contribution in [0.3, 0.4) is 0 Å². The topological polar surface area (TPSA) is 49.9 Å². The van der Waals surface area contributed by atoms with E-state index in [1.165, 1.54) is 48.8 Å². The maximum atomic E-state index is 6.05. The number of nitrogens with one attached hydrogen (secondary N) is 1. The summed E-state index contributed by atoms with van der Waals surface area (Å²) in [7, 11) is 0. The predicted molar refractivity (Wildman–Crippen MR) is 154 cm³/mol. The Balaban J connectivity index is 1.22. The predicted octanol–water partition coefficient (Wildman–Crippen LogP) is 8.00. The number of halogens is 1. The third-order valence-corrected chi connectivity index (χ3v) is 8.11. The molecule has 2 heterocycles. The first-order valence-corrected chi connectivity index (χ1v) is 13.8. The van der Waals surface area contributed by atoms with Gasteiger partial charge in [-0.25, -0.2) is 0 Å². The maximum Gasteiger partial charge on any atom is 0.134 e. The Kier molecular flexibility index (Phi) is 8.17. The van der Waals surface area contributed by atoms with Crippen LogP contribution >= 0.6 is 15.9 Å². The molecular weight excluding hydrogens is 510 g/mol. The van der Waals surface area contributed by atoms with Crippen LogP contribution in [0.2, 0.25) is 0 Å². The zero-order valence-corrected chi connectivity index (χ0v) is 22.5. The van der Waals surface area contributed by atoms with Crippen LogP contribution in [-0.4, -0.2) is 18.5 Å². The van der Waals surface area contributed by atoms with Gasteiger partial charge in [0.15, 0.2) is 0 Å². The van der Waals surface area contributed by atoms with Crippen LogP contribution in [0.25, 0.3) is 11.0 Å². The molecule has 1 aliphatic carbocycles. The zero-order valence-electron chi connectivity index (χ0n) is 20.9. The highest BCUT2D eigenvalue weighted by atomic mass is 79.9. The van der Waals surface area contributed by atoms with Crippen LogP contribution in [0.15, 0.2) is 97.0 Å². The number of para-hydroxylation sites is 1. The summed E-state index contributed by atoms with van der Waals surface area (Å²) >= 11 is 3.66. The second-order valence-electron chi connectivity index (χ2n) is 9.96. The Bertz CT molecular complexity index is 1260. The fourth-order valence-corrected chi connectivity index (χ4v) is 5.44. The van der Waals surface area contributed by atoms with Crippen LogP contribution in [0.5, 0.6) is 0 Å². The molecule has 0 atom stereocenters. The van der Waals surface area contributed by atoms with E-state index in [9.17, 15) is 0 Å². The summed E-state index contributed by atoms with van der Waals surface area (Å²) in [6.45, 7) is 3.48. The average Bonchev–Trinajstić information content (AvgIpc) is 3.35. The normalized spacial score (nSPS) is 25.8. The fourth-order valence-electron chi connectivity index (χ4n) is 5.20. The first kappa shape index (κ1) is 24.8. The van der Waals surface area contributed by atoms with Crippen LogP contribution in [0.4, 0.5) is 0 Å². The second-order valence-corrected chi connectivity index (χ2v) is 10.8. The van der Waals surface area contributed by atoms with Crippen molar-refractivity contribution in [3.8, 4) is 0 Å². The number of nitrogens with zero attached hydrogens (tertiary/aromatic N) is 2. The van der Waals surface area contributed by atoms with E-state index in [2.05, 4.69) is 93.8 Å². The fraction of sp³-hybridized carbons (Fsp3) is 0.355. The molecule has 5 heteroatoms. The third-order valence-electron chi connectivity index (χ3n) is 7.33. The van der Waals surface area contributed by atoms with Crippen LogP contribution in [-0.2, 0) is 13.0 Å². The molecule has 5 rings (SSSR count). The van der Waals surface area contributed by atoms with E-state index in [1.807, 2.05) is 12.3 Å². The quantitative estimate of drug-likeness (QED) is 0.328. The van der Waals surface area contributed by atoms with Crippen molar-refractivity contribution in [2.75, 3.05) is 6.54 Å². The molecule has 1 fully saturated rings. The number of aliphatic imine (C=N–C) groups is 2. The van der Waals surface area contributed by atoms with Crippen molar-refractivity contribution in [3.05, 3.63) is 93.9 Å². The minimum Gasteiger partial charge on any atom is -0.461 e. The Morgan fingerprint density at radius 3 is 2.58 bits per heavy atom. The molecule has 4 nitrogen and oxygen atoms in total. The SMILES string of the molecule is CC1=C(\Br)C=NC\C(NCc2ccccc2)=C/C(C2CCC(CCc3cc4ccccc4o3)CC2)=N/1. The lowest BCUT2D eigenvalue weighted by Gasteiger charge is -2.29. The van der Waals surface area contributed by atoms with E-state index in [1.54, 1.807) is 0 Å². The van der Waals surface area contributed by atoms with E-state index >= 15 is 0 Å². The van der Waals surface area contributed by atoms with E-state index in [0.29, 0.717) is 12.5 Å². The van der Waals surface area contributed by atoms with Gasteiger partial charge in [0.05, 0.1) is 16.7 Å². The van der Waals surface area contributed by atoms with Crippen molar-refractivity contribution in [2.45, 2.75) is 52.0 Å². The zero-order chi connectivity index (χ0) is 24.7. The summed E-state index contributed by atoms with van der Waals surface area (Å²) in [4.78, 5) is 9.71. The molecule has 1 saturated carbocycles. The summed E-state index contributed by atoms with van der Waals surface area (Å²) < 4.78 is 7.00. The summed E-state index contributed by atoms with van der Waals surface area (Å²) in [5, 5.41) is 4.82. The molecule has 0 radical (unpaired) electrons. The van der Waals surface area contributed by atoms with Crippen LogP contribution in [0.1, 0.15) is 50.4 Å². The molecule has 3 aromatic rings. The smallest absolute Gasteiger partial charge is 0.134 e. The van der Waals surface area contributed by atoms with Gasteiger partial charge in [-0.2, -0.15) is 0 Å². The lowest BCUT2D eigenvalue weighted by Crippen LogP contribution is -2.23. The number of aryl methyl sites for hydroxylation is 1. The molecule has 1 aliphatic heterocycles. The summed E-state index contributed by atoms with van der Waals surface area (Å²) in [5.41, 5.74) is 5.55. The molecule has 0 amide bonds. The summed E-state index contributed by atoms with van der Waals surface area (Å²) in [6.07, 6.45) is 11.2. The highest BCUT2D eigenvalue weighted by molar-refractivity contribution is 9.12. The van der Waals surface area contributed by atoms with Crippen molar-refractivity contribution >= 4 is 38.8 Å². The monoisotopic (exact) mass is 543 g/mol. The van der Waals surface area contributed by atoms with Crippen molar-refractivity contribution < 1.29 is 4.42 Å². The number of hydrogen-bond acceptors (Lipinski definition) is 4. The first-order valence-electron chi connectivity index (χ1n) is 13.0. The van der Waals surface area contributed by atoms with Crippen molar-refractivity contribution in [3.63, 3.8) is 0 Å². The minimum absolute atomic E-state index is 0.481. The molecule has 0 spiro atoms. The van der Waals surface area contributed by atoms with Gasteiger partial charge >= 0.3 is 0 Å². The van der Waals surface area contributed by atoms with E-state index in [0.717, 1.165) is 46.1 Å². The van der Waals surface area contributed by atoms with E-state index in [4.69, 9.17) is 9.41 Å². The minimum atomic E-state index is 0.481. The van der Waals surface area contributed by atoms with Gasteiger partial charge in [0.1, 0.15) is 11.3 Å². The Labute approximate surface area is 222 Å². The molecule has 0 unspecified atom stereocenters. The van der Waals surface area contributed by atoms with Crippen molar-refractivity contribution in [1.82, 2.24) is 5.32 Å². The molecule has 0 bridgehead atoms. The number of hydrogen-bond donors (Lipinski definition) is 1. The average molecular weight is 545 g/mol. The molecule has 1 N–H and O–H groups in total. The lowest BCUT2D eigenvalue weighted by atomic mass is 9.77. The Morgan fingerprint density at radius 2 is 1.78 bits per heavy atom. The van der Waals surface area contributed by atoms with Gasteiger partial charge in [-0.05, 0) is 84.6 Å². The molecule has 36 heavy (non-hydrogen) atoms. The molecular formula is C31H34BrN3O. The van der Waals surface area contributed by atoms with Gasteiger partial charge in [0, 0.05) is 41.9 Å². The molecule has 2 aliphatic rings. The first-order chi connectivity index (χ1) is 17.6. The number of furan rings is 1. The van der Waals surface area contributed by atoms with Crippen molar-refractivity contribution in [2.24, 2.45) is 21.8 Å². The number of allylic oxidation sites excluding steroid dienone is 3. The largest absolute Gasteiger partial charge is 0.461 e. The maximum absolute atomic E-state index is 6.05. The van der Waals surface area contributed by atoms with E-state index in [-0.39, 0.29) is 0 Å². The van der Waals surface area contributed by atoms with Gasteiger partial charge in [-0.3, -0.25) is 9.98 Å². The summed E-state index contributed by atoms with van der Waals surface area (Å²) in [5.74, 6) is 2.34. The van der Waals surface area contributed by atoms with E-state index < -0.39 is 0 Å². The van der Waals surface area contributed by atoms with Gasteiger partial charge < -0.3 is 9.73 Å². The van der Waals surface area contributed by atoms with Gasteiger partial charge in [0.25, 0.3) is 0 Å². The van der Waals surface area contributed by atoms with Crippen LogP contribution < -0.4 is 5.32 Å². The number of benzene rings is 2. The molecule has 1 aromatic heterocycles. The van der Waals surface area contributed by atoms with Crippen molar-refractivity contribution in [1.29, 1.82) is 0 Å². The van der Waals surface area contributed by atoms with Gasteiger partial charge in [-0.1, -0.05) is 48.5 Å². The van der Waals surface area contributed by atoms with Gasteiger partial charge in [0.2, 0.25) is 0 Å². The molecule has 186 valence electrons.